The minimum atomic E-state index is -0.203. The van der Waals surface area contributed by atoms with Gasteiger partial charge in [-0.1, -0.05) is 13.8 Å². The van der Waals surface area contributed by atoms with Gasteiger partial charge >= 0.3 is 0 Å². The van der Waals surface area contributed by atoms with Crippen molar-refractivity contribution in [1.29, 1.82) is 0 Å². The van der Waals surface area contributed by atoms with Gasteiger partial charge in [0.25, 0.3) is 0 Å². The first-order chi connectivity index (χ1) is 7.49. The standard InChI is InChI=1S/C14H18O2/c1-10-6-7-12(16-10)9-11-5-4-8-14(2,3)13(11)15/h6-7,9H,4-5,8H2,1-3H3/b11-9-. The van der Waals surface area contributed by atoms with Crippen molar-refractivity contribution < 1.29 is 9.21 Å². The molecule has 1 saturated carbocycles. The Morgan fingerprint density at radius 2 is 2.12 bits per heavy atom. The fourth-order valence-electron chi connectivity index (χ4n) is 2.22. The summed E-state index contributed by atoms with van der Waals surface area (Å²) in [6, 6.07) is 3.84. The molecule has 0 bridgehead atoms. The summed E-state index contributed by atoms with van der Waals surface area (Å²) < 4.78 is 5.47. The number of ketones is 1. The molecule has 0 atom stereocenters. The first-order valence-electron chi connectivity index (χ1n) is 5.81. The normalized spacial score (nSPS) is 22.7. The van der Waals surface area contributed by atoms with E-state index in [4.69, 9.17) is 4.42 Å². The van der Waals surface area contributed by atoms with Gasteiger partial charge in [0.2, 0.25) is 0 Å². The third-order valence-electron chi connectivity index (χ3n) is 3.23. The molecule has 1 aromatic heterocycles. The maximum atomic E-state index is 12.1. The monoisotopic (exact) mass is 218 g/mol. The molecule has 1 aliphatic carbocycles. The first-order valence-corrected chi connectivity index (χ1v) is 5.81. The van der Waals surface area contributed by atoms with Crippen LogP contribution in [0.25, 0.3) is 6.08 Å². The molecule has 1 aliphatic rings. The van der Waals surface area contributed by atoms with Crippen LogP contribution in [0.2, 0.25) is 0 Å². The maximum Gasteiger partial charge on any atom is 0.164 e. The van der Waals surface area contributed by atoms with Crippen molar-refractivity contribution in [3.8, 4) is 0 Å². The van der Waals surface area contributed by atoms with Crippen LogP contribution in [0.4, 0.5) is 0 Å². The molecule has 0 unspecified atom stereocenters. The fraction of sp³-hybridized carbons (Fsp3) is 0.500. The summed E-state index contributed by atoms with van der Waals surface area (Å²) in [4.78, 5) is 12.1. The average Bonchev–Trinajstić information content (AvgIpc) is 2.59. The van der Waals surface area contributed by atoms with Gasteiger partial charge in [0, 0.05) is 5.41 Å². The van der Waals surface area contributed by atoms with E-state index in [9.17, 15) is 4.79 Å². The maximum absolute atomic E-state index is 12.1. The molecular weight excluding hydrogens is 200 g/mol. The largest absolute Gasteiger partial charge is 0.462 e. The van der Waals surface area contributed by atoms with Gasteiger partial charge in [-0.05, 0) is 50.0 Å². The summed E-state index contributed by atoms with van der Waals surface area (Å²) in [5.74, 6) is 1.95. The van der Waals surface area contributed by atoms with E-state index in [0.29, 0.717) is 0 Å². The van der Waals surface area contributed by atoms with E-state index in [1.807, 2.05) is 39.0 Å². The molecule has 0 amide bonds. The zero-order valence-corrected chi connectivity index (χ0v) is 10.2. The topological polar surface area (TPSA) is 30.2 Å². The zero-order valence-electron chi connectivity index (χ0n) is 10.2. The van der Waals surface area contributed by atoms with Gasteiger partial charge in [0.15, 0.2) is 5.78 Å². The molecule has 2 heteroatoms. The summed E-state index contributed by atoms with van der Waals surface area (Å²) in [6.07, 6.45) is 4.85. The van der Waals surface area contributed by atoms with Crippen molar-refractivity contribution in [3.05, 3.63) is 29.2 Å². The van der Waals surface area contributed by atoms with Gasteiger partial charge in [-0.2, -0.15) is 0 Å². The molecule has 1 aromatic rings. The molecule has 0 spiro atoms. The molecule has 0 saturated heterocycles. The Labute approximate surface area is 96.3 Å². The number of carbonyl (C=O) groups is 1. The highest BCUT2D eigenvalue weighted by atomic mass is 16.3. The van der Waals surface area contributed by atoms with E-state index in [1.54, 1.807) is 0 Å². The van der Waals surface area contributed by atoms with Crippen LogP contribution in [-0.2, 0) is 4.79 Å². The Bertz CT molecular complexity index is 435. The van der Waals surface area contributed by atoms with E-state index in [2.05, 4.69) is 0 Å². The van der Waals surface area contributed by atoms with E-state index >= 15 is 0 Å². The predicted molar refractivity (Wildman–Crippen MR) is 64.1 cm³/mol. The number of rotatable bonds is 1. The third kappa shape index (κ3) is 2.11. The van der Waals surface area contributed by atoms with Crippen molar-refractivity contribution in [2.75, 3.05) is 0 Å². The number of hydrogen-bond acceptors (Lipinski definition) is 2. The van der Waals surface area contributed by atoms with Gasteiger partial charge in [-0.3, -0.25) is 4.79 Å². The molecule has 1 heterocycles. The van der Waals surface area contributed by atoms with Crippen LogP contribution < -0.4 is 0 Å². The Morgan fingerprint density at radius 1 is 1.38 bits per heavy atom. The zero-order chi connectivity index (χ0) is 11.8. The Balaban J connectivity index is 2.27. The van der Waals surface area contributed by atoms with Crippen molar-refractivity contribution in [3.63, 3.8) is 0 Å². The van der Waals surface area contributed by atoms with Crippen molar-refractivity contribution in [2.24, 2.45) is 5.41 Å². The van der Waals surface area contributed by atoms with Crippen LogP contribution in [0.1, 0.15) is 44.6 Å². The van der Waals surface area contributed by atoms with Gasteiger partial charge in [0.1, 0.15) is 11.5 Å². The molecule has 2 nitrogen and oxygen atoms in total. The van der Waals surface area contributed by atoms with Gasteiger partial charge in [-0.15, -0.1) is 0 Å². The second-order valence-electron chi connectivity index (χ2n) is 5.18. The predicted octanol–water partition coefficient (Wildman–Crippen LogP) is 3.75. The number of hydrogen-bond donors (Lipinski definition) is 0. The van der Waals surface area contributed by atoms with Crippen LogP contribution in [0.3, 0.4) is 0 Å². The molecule has 0 aliphatic heterocycles. The van der Waals surface area contributed by atoms with Gasteiger partial charge < -0.3 is 4.42 Å². The number of aryl methyl sites for hydroxylation is 1. The van der Waals surface area contributed by atoms with Gasteiger partial charge in [-0.25, -0.2) is 0 Å². The van der Waals surface area contributed by atoms with E-state index in [-0.39, 0.29) is 11.2 Å². The molecule has 0 N–H and O–H groups in total. The van der Waals surface area contributed by atoms with E-state index in [1.165, 1.54) is 0 Å². The second kappa shape index (κ2) is 3.93. The summed E-state index contributed by atoms with van der Waals surface area (Å²) >= 11 is 0. The fourth-order valence-corrected chi connectivity index (χ4v) is 2.22. The highest BCUT2D eigenvalue weighted by Crippen LogP contribution is 2.35. The molecule has 16 heavy (non-hydrogen) atoms. The highest BCUT2D eigenvalue weighted by molar-refractivity contribution is 6.03. The van der Waals surface area contributed by atoms with Crippen LogP contribution >= 0.6 is 0 Å². The third-order valence-corrected chi connectivity index (χ3v) is 3.23. The van der Waals surface area contributed by atoms with Crippen molar-refractivity contribution in [2.45, 2.75) is 40.0 Å². The smallest absolute Gasteiger partial charge is 0.164 e. The molecule has 1 fully saturated rings. The van der Waals surface area contributed by atoms with Crippen molar-refractivity contribution >= 4 is 11.9 Å². The quantitative estimate of drug-likeness (QED) is 0.672. The van der Waals surface area contributed by atoms with E-state index < -0.39 is 0 Å². The molecular formula is C14H18O2. The molecule has 0 radical (unpaired) electrons. The van der Waals surface area contributed by atoms with Crippen LogP contribution in [0, 0.1) is 12.3 Å². The highest BCUT2D eigenvalue weighted by Gasteiger charge is 2.33. The Kier molecular flexibility index (Phi) is 2.75. The molecule has 86 valence electrons. The lowest BCUT2D eigenvalue weighted by molar-refractivity contribution is -0.124. The summed E-state index contributed by atoms with van der Waals surface area (Å²) in [5.41, 5.74) is 0.705. The van der Waals surface area contributed by atoms with Crippen LogP contribution in [0.5, 0.6) is 0 Å². The second-order valence-corrected chi connectivity index (χ2v) is 5.18. The molecule has 0 aromatic carbocycles. The average molecular weight is 218 g/mol. The lowest BCUT2D eigenvalue weighted by Crippen LogP contribution is -2.29. The Morgan fingerprint density at radius 3 is 2.75 bits per heavy atom. The number of furan rings is 1. The number of carbonyl (C=O) groups excluding carboxylic acids is 1. The Hall–Kier alpha value is -1.31. The number of allylic oxidation sites excluding steroid dienone is 1. The first kappa shape index (κ1) is 11.2. The van der Waals surface area contributed by atoms with E-state index in [0.717, 1.165) is 36.4 Å². The molecule has 2 rings (SSSR count). The summed E-state index contributed by atoms with van der Waals surface area (Å²) in [7, 11) is 0. The van der Waals surface area contributed by atoms with Crippen LogP contribution in [-0.4, -0.2) is 5.78 Å². The number of Topliss-reactive ketones (excluding diaryl/α,β-unsaturated/α-hetero) is 1. The van der Waals surface area contributed by atoms with Crippen molar-refractivity contribution in [1.82, 2.24) is 0 Å². The minimum absolute atomic E-state index is 0.203. The van der Waals surface area contributed by atoms with Crippen LogP contribution in [0.15, 0.2) is 22.1 Å². The van der Waals surface area contributed by atoms with Gasteiger partial charge in [0.05, 0.1) is 0 Å². The lowest BCUT2D eigenvalue weighted by atomic mass is 9.74. The summed E-state index contributed by atoms with van der Waals surface area (Å²) in [5, 5.41) is 0. The minimum Gasteiger partial charge on any atom is -0.462 e. The lowest BCUT2D eigenvalue weighted by Gasteiger charge is -2.29. The SMILES string of the molecule is Cc1ccc(/C=C2/CCCC(C)(C)C2=O)o1. The summed E-state index contributed by atoms with van der Waals surface area (Å²) in [6.45, 7) is 5.96.